The summed E-state index contributed by atoms with van der Waals surface area (Å²) < 4.78 is 0. The van der Waals surface area contributed by atoms with Crippen LogP contribution in [0.5, 0.6) is 0 Å². The van der Waals surface area contributed by atoms with Gasteiger partial charge in [0, 0.05) is 19.1 Å². The fourth-order valence-corrected chi connectivity index (χ4v) is 2.48. The van der Waals surface area contributed by atoms with Crippen molar-refractivity contribution >= 4 is 5.96 Å². The molecule has 4 heteroatoms. The van der Waals surface area contributed by atoms with Crippen LogP contribution in [0.15, 0.2) is 4.99 Å². The Morgan fingerprint density at radius 1 is 1.41 bits per heavy atom. The maximum absolute atomic E-state index is 5.62. The van der Waals surface area contributed by atoms with E-state index in [0.717, 1.165) is 19.0 Å². The van der Waals surface area contributed by atoms with E-state index in [9.17, 15) is 0 Å². The molecule has 3 N–H and O–H groups in total. The summed E-state index contributed by atoms with van der Waals surface area (Å²) in [5, 5.41) is 0. The molecule has 3 unspecified atom stereocenters. The number of rotatable bonds is 2. The molecule has 1 saturated heterocycles. The highest BCUT2D eigenvalue weighted by Gasteiger charge is 2.30. The third kappa shape index (κ3) is 3.87. The predicted molar refractivity (Wildman–Crippen MR) is 73.6 cm³/mol. The Hall–Kier alpha value is -0.770. The molecule has 0 saturated carbocycles. The van der Waals surface area contributed by atoms with Crippen LogP contribution in [0.4, 0.5) is 0 Å². The number of nitrogens with zero attached hydrogens (tertiary/aromatic N) is 2. The number of hydrazine groups is 1. The molecule has 3 atom stereocenters. The van der Waals surface area contributed by atoms with Crippen molar-refractivity contribution < 1.29 is 0 Å². The molecule has 0 spiro atoms. The zero-order valence-corrected chi connectivity index (χ0v) is 11.9. The number of nitrogens with two attached hydrogens (primary N) is 1. The molecule has 1 heterocycles. The average molecular weight is 240 g/mol. The zero-order chi connectivity index (χ0) is 13.0. The fraction of sp³-hybridized carbons (Fsp3) is 0.923. The summed E-state index contributed by atoms with van der Waals surface area (Å²) in [5.74, 6) is 8.43. The molecular weight excluding hydrogens is 212 g/mol. The van der Waals surface area contributed by atoms with Crippen LogP contribution < -0.4 is 11.3 Å². The van der Waals surface area contributed by atoms with Crippen LogP contribution in [-0.2, 0) is 0 Å². The SMILES string of the molecule is CC(C)CN=C(NN)N1CC(C)CC(C)C1C. The van der Waals surface area contributed by atoms with Gasteiger partial charge in [-0.2, -0.15) is 0 Å². The maximum atomic E-state index is 5.62. The number of hydrogen-bond acceptors (Lipinski definition) is 2. The third-order valence-electron chi connectivity index (χ3n) is 3.61. The first-order chi connectivity index (χ1) is 7.95. The molecule has 1 fully saturated rings. The van der Waals surface area contributed by atoms with Crippen molar-refractivity contribution in [1.82, 2.24) is 10.3 Å². The van der Waals surface area contributed by atoms with Crippen molar-refractivity contribution in [2.75, 3.05) is 13.1 Å². The molecule has 0 amide bonds. The number of piperidine rings is 1. The van der Waals surface area contributed by atoms with E-state index in [1.54, 1.807) is 0 Å². The lowest BCUT2D eigenvalue weighted by Crippen LogP contribution is -2.55. The Morgan fingerprint density at radius 2 is 2.06 bits per heavy atom. The Bertz CT molecular complexity index is 262. The van der Waals surface area contributed by atoms with E-state index >= 15 is 0 Å². The molecule has 0 bridgehead atoms. The van der Waals surface area contributed by atoms with E-state index in [2.05, 4.69) is 49.9 Å². The normalized spacial score (nSPS) is 30.9. The molecular formula is C13H28N4. The van der Waals surface area contributed by atoms with Gasteiger partial charge in [-0.05, 0) is 31.1 Å². The van der Waals surface area contributed by atoms with Crippen molar-refractivity contribution in [2.45, 2.75) is 47.1 Å². The standard InChI is InChI=1S/C13H28N4/c1-9(2)7-15-13(16-14)17-8-10(3)6-11(4)12(17)5/h9-12H,6-8,14H2,1-5H3,(H,15,16). The van der Waals surface area contributed by atoms with Gasteiger partial charge in [-0.3, -0.25) is 10.4 Å². The van der Waals surface area contributed by atoms with Crippen LogP contribution >= 0.6 is 0 Å². The van der Waals surface area contributed by atoms with Gasteiger partial charge in [-0.15, -0.1) is 0 Å². The second kappa shape index (κ2) is 6.24. The first kappa shape index (κ1) is 14.3. The monoisotopic (exact) mass is 240 g/mol. The van der Waals surface area contributed by atoms with E-state index in [1.165, 1.54) is 6.42 Å². The van der Waals surface area contributed by atoms with E-state index in [0.29, 0.717) is 23.8 Å². The first-order valence-electron chi connectivity index (χ1n) is 6.73. The highest BCUT2D eigenvalue weighted by atomic mass is 15.4. The number of guanidine groups is 1. The minimum Gasteiger partial charge on any atom is -0.339 e. The van der Waals surface area contributed by atoms with Gasteiger partial charge in [-0.1, -0.05) is 27.7 Å². The van der Waals surface area contributed by atoms with E-state index in [-0.39, 0.29) is 0 Å². The molecule has 0 aromatic heterocycles. The van der Waals surface area contributed by atoms with Crippen molar-refractivity contribution in [3.05, 3.63) is 0 Å². The maximum Gasteiger partial charge on any atom is 0.208 e. The summed E-state index contributed by atoms with van der Waals surface area (Å²) in [4.78, 5) is 6.91. The molecule has 4 nitrogen and oxygen atoms in total. The molecule has 100 valence electrons. The van der Waals surface area contributed by atoms with Crippen molar-refractivity contribution in [3.63, 3.8) is 0 Å². The topological polar surface area (TPSA) is 53.6 Å². The Balaban J connectivity index is 2.75. The van der Waals surface area contributed by atoms with Crippen LogP contribution in [0.2, 0.25) is 0 Å². The van der Waals surface area contributed by atoms with Gasteiger partial charge in [0.15, 0.2) is 0 Å². The van der Waals surface area contributed by atoms with Crippen LogP contribution in [-0.4, -0.2) is 30.0 Å². The predicted octanol–water partition coefficient (Wildman–Crippen LogP) is 1.83. The minimum absolute atomic E-state index is 0.508. The summed E-state index contributed by atoms with van der Waals surface area (Å²) in [6, 6.07) is 0.508. The van der Waals surface area contributed by atoms with E-state index in [1.807, 2.05) is 0 Å². The van der Waals surface area contributed by atoms with Gasteiger partial charge < -0.3 is 4.90 Å². The number of likely N-dealkylation sites (tertiary alicyclic amines) is 1. The molecule has 0 aliphatic carbocycles. The lowest BCUT2D eigenvalue weighted by molar-refractivity contribution is 0.142. The Kier molecular flexibility index (Phi) is 5.25. The summed E-state index contributed by atoms with van der Waals surface area (Å²) in [5.41, 5.74) is 2.77. The molecule has 0 radical (unpaired) electrons. The van der Waals surface area contributed by atoms with Gasteiger partial charge in [0.2, 0.25) is 5.96 Å². The van der Waals surface area contributed by atoms with Gasteiger partial charge in [0.25, 0.3) is 0 Å². The number of nitrogens with one attached hydrogen (secondary N) is 1. The highest BCUT2D eigenvalue weighted by molar-refractivity contribution is 5.79. The molecule has 1 rings (SSSR count). The summed E-state index contributed by atoms with van der Waals surface area (Å²) in [6.45, 7) is 13.1. The smallest absolute Gasteiger partial charge is 0.208 e. The van der Waals surface area contributed by atoms with Gasteiger partial charge in [0.05, 0.1) is 0 Å². The van der Waals surface area contributed by atoms with E-state index in [4.69, 9.17) is 5.84 Å². The van der Waals surface area contributed by atoms with Crippen LogP contribution in [0.25, 0.3) is 0 Å². The van der Waals surface area contributed by atoms with Gasteiger partial charge >= 0.3 is 0 Å². The molecule has 17 heavy (non-hydrogen) atoms. The van der Waals surface area contributed by atoms with Crippen molar-refractivity contribution in [3.8, 4) is 0 Å². The second-order valence-electron chi connectivity index (χ2n) is 5.91. The summed E-state index contributed by atoms with van der Waals surface area (Å²) in [7, 11) is 0. The summed E-state index contributed by atoms with van der Waals surface area (Å²) >= 11 is 0. The van der Waals surface area contributed by atoms with Crippen molar-refractivity contribution in [2.24, 2.45) is 28.6 Å². The third-order valence-corrected chi connectivity index (χ3v) is 3.61. The van der Waals surface area contributed by atoms with Crippen LogP contribution in [0.1, 0.15) is 41.0 Å². The lowest BCUT2D eigenvalue weighted by atomic mass is 9.86. The highest BCUT2D eigenvalue weighted by Crippen LogP contribution is 2.26. The molecule has 1 aliphatic rings. The fourth-order valence-electron chi connectivity index (χ4n) is 2.48. The quantitative estimate of drug-likeness (QED) is 0.335. The Labute approximate surface area is 106 Å². The first-order valence-corrected chi connectivity index (χ1v) is 6.73. The zero-order valence-electron chi connectivity index (χ0n) is 11.9. The van der Waals surface area contributed by atoms with Crippen LogP contribution in [0.3, 0.4) is 0 Å². The van der Waals surface area contributed by atoms with E-state index < -0.39 is 0 Å². The second-order valence-corrected chi connectivity index (χ2v) is 5.91. The molecule has 0 aromatic carbocycles. The number of aliphatic imine (C=N–C) groups is 1. The molecule has 1 aliphatic heterocycles. The minimum atomic E-state index is 0.508. The van der Waals surface area contributed by atoms with Gasteiger partial charge in [-0.25, -0.2) is 5.84 Å². The van der Waals surface area contributed by atoms with Crippen LogP contribution in [0, 0.1) is 17.8 Å². The number of hydrogen-bond donors (Lipinski definition) is 2. The van der Waals surface area contributed by atoms with Crippen molar-refractivity contribution in [1.29, 1.82) is 0 Å². The Morgan fingerprint density at radius 3 is 2.59 bits per heavy atom. The lowest BCUT2D eigenvalue weighted by Gasteiger charge is -2.42. The molecule has 0 aromatic rings. The summed E-state index contributed by atoms with van der Waals surface area (Å²) in [6.07, 6.45) is 1.29. The average Bonchev–Trinajstić information content (AvgIpc) is 2.25. The van der Waals surface area contributed by atoms with Gasteiger partial charge in [0.1, 0.15) is 0 Å². The largest absolute Gasteiger partial charge is 0.339 e.